The summed E-state index contributed by atoms with van der Waals surface area (Å²) in [6.45, 7) is 0.447. The fourth-order valence-corrected chi connectivity index (χ4v) is 5.50. The predicted octanol–water partition coefficient (Wildman–Crippen LogP) is 4.76. The maximum atomic E-state index is 13.0. The van der Waals surface area contributed by atoms with E-state index in [9.17, 15) is 26.4 Å². The van der Waals surface area contributed by atoms with Gasteiger partial charge >= 0.3 is 6.18 Å². The van der Waals surface area contributed by atoms with E-state index in [4.69, 9.17) is 11.6 Å². The lowest BCUT2D eigenvalue weighted by Crippen LogP contribution is -2.39. The molecule has 2 aromatic rings. The van der Waals surface area contributed by atoms with Crippen molar-refractivity contribution < 1.29 is 26.4 Å². The average molecular weight is 460 g/mol. The van der Waals surface area contributed by atoms with E-state index in [1.54, 1.807) is 23.1 Å². The zero-order valence-corrected chi connectivity index (χ0v) is 17.6. The number of likely N-dealkylation sites (tertiary alicyclic amines) is 1. The predicted molar refractivity (Wildman–Crippen MR) is 108 cm³/mol. The number of carbonyl (C=O) groups is 1. The minimum atomic E-state index is -4.57. The van der Waals surface area contributed by atoms with Gasteiger partial charge in [0.25, 0.3) is 0 Å². The Labute approximate surface area is 178 Å². The molecule has 4 nitrogen and oxygen atoms in total. The van der Waals surface area contributed by atoms with Gasteiger partial charge in [0.1, 0.15) is 0 Å². The zero-order valence-electron chi connectivity index (χ0n) is 16.0. The summed E-state index contributed by atoms with van der Waals surface area (Å²) in [6.07, 6.45) is -3.17. The Balaban J connectivity index is 1.65. The van der Waals surface area contributed by atoms with Crippen molar-refractivity contribution in [1.29, 1.82) is 0 Å². The van der Waals surface area contributed by atoms with Crippen molar-refractivity contribution >= 4 is 27.3 Å². The summed E-state index contributed by atoms with van der Waals surface area (Å²) in [5, 5.41) is -0.386. The SMILES string of the molecule is O=C(CCc1ccc(Cl)c(C(F)(F)F)c1)N1CCCC1CS(=O)(=O)c1ccccc1. The maximum absolute atomic E-state index is 13.0. The molecule has 0 N–H and O–H groups in total. The molecule has 2 aromatic carbocycles. The highest BCUT2D eigenvalue weighted by atomic mass is 35.5. The Kier molecular flexibility index (Phi) is 6.77. The molecule has 0 aliphatic carbocycles. The summed E-state index contributed by atoms with van der Waals surface area (Å²) >= 11 is 5.63. The van der Waals surface area contributed by atoms with Crippen LogP contribution in [0.25, 0.3) is 0 Å². The van der Waals surface area contributed by atoms with Crippen LogP contribution in [-0.2, 0) is 27.2 Å². The molecule has 1 amide bonds. The van der Waals surface area contributed by atoms with Gasteiger partial charge in [-0.05, 0) is 49.1 Å². The molecule has 3 rings (SSSR count). The normalized spacial score (nSPS) is 17.3. The van der Waals surface area contributed by atoms with Crippen LogP contribution in [-0.4, -0.2) is 37.6 Å². The highest BCUT2D eigenvalue weighted by molar-refractivity contribution is 7.91. The van der Waals surface area contributed by atoms with E-state index in [2.05, 4.69) is 0 Å². The number of aryl methyl sites for hydroxylation is 1. The number of hydrogen-bond acceptors (Lipinski definition) is 3. The Hall–Kier alpha value is -2.06. The summed E-state index contributed by atoms with van der Waals surface area (Å²) in [4.78, 5) is 14.4. The minimum absolute atomic E-state index is 0.000808. The van der Waals surface area contributed by atoms with Gasteiger partial charge in [0, 0.05) is 19.0 Å². The number of carbonyl (C=O) groups excluding carboxylic acids is 1. The molecular formula is C21H21ClF3NO3S. The van der Waals surface area contributed by atoms with Gasteiger partial charge < -0.3 is 4.90 Å². The van der Waals surface area contributed by atoms with Gasteiger partial charge in [0.15, 0.2) is 9.84 Å². The monoisotopic (exact) mass is 459 g/mol. The Morgan fingerprint density at radius 1 is 1.13 bits per heavy atom. The van der Waals surface area contributed by atoms with E-state index in [0.717, 1.165) is 6.07 Å². The third-order valence-electron chi connectivity index (χ3n) is 5.18. The summed E-state index contributed by atoms with van der Waals surface area (Å²) in [5.41, 5.74) is -0.574. The quantitative estimate of drug-likeness (QED) is 0.626. The Bertz CT molecular complexity index is 1010. The van der Waals surface area contributed by atoms with Crippen molar-refractivity contribution in [1.82, 2.24) is 4.90 Å². The van der Waals surface area contributed by atoms with Crippen molar-refractivity contribution in [3.8, 4) is 0 Å². The van der Waals surface area contributed by atoms with Crippen molar-refractivity contribution in [3.05, 3.63) is 64.7 Å². The fourth-order valence-electron chi connectivity index (χ4n) is 3.65. The number of alkyl halides is 3. The third-order valence-corrected chi connectivity index (χ3v) is 7.32. The lowest BCUT2D eigenvalue weighted by Gasteiger charge is -2.25. The summed E-state index contributed by atoms with van der Waals surface area (Å²) in [6, 6.07) is 11.2. The van der Waals surface area contributed by atoms with Crippen molar-refractivity contribution in [3.63, 3.8) is 0 Å². The van der Waals surface area contributed by atoms with Crippen LogP contribution in [0.5, 0.6) is 0 Å². The molecule has 30 heavy (non-hydrogen) atoms. The van der Waals surface area contributed by atoms with E-state index in [1.807, 2.05) is 0 Å². The molecule has 1 unspecified atom stereocenters. The van der Waals surface area contributed by atoms with E-state index >= 15 is 0 Å². The molecule has 0 bridgehead atoms. The first-order valence-corrected chi connectivity index (χ1v) is 11.5. The van der Waals surface area contributed by atoms with E-state index in [1.165, 1.54) is 24.3 Å². The highest BCUT2D eigenvalue weighted by Gasteiger charge is 2.34. The van der Waals surface area contributed by atoms with Gasteiger partial charge in [-0.25, -0.2) is 8.42 Å². The zero-order chi connectivity index (χ0) is 21.9. The van der Waals surface area contributed by atoms with Crippen LogP contribution >= 0.6 is 11.6 Å². The summed E-state index contributed by atoms with van der Waals surface area (Å²) < 4.78 is 64.3. The van der Waals surface area contributed by atoms with E-state index < -0.39 is 27.6 Å². The Morgan fingerprint density at radius 2 is 1.83 bits per heavy atom. The number of hydrogen-bond donors (Lipinski definition) is 0. The first-order valence-electron chi connectivity index (χ1n) is 9.51. The van der Waals surface area contributed by atoms with E-state index in [0.29, 0.717) is 24.9 Å². The number of nitrogens with zero attached hydrogens (tertiary/aromatic N) is 1. The van der Waals surface area contributed by atoms with Gasteiger partial charge in [0.2, 0.25) is 5.91 Å². The molecule has 1 heterocycles. The second kappa shape index (κ2) is 8.98. The smallest absolute Gasteiger partial charge is 0.339 e. The molecule has 1 atom stereocenters. The lowest BCUT2D eigenvalue weighted by atomic mass is 10.1. The van der Waals surface area contributed by atoms with Crippen LogP contribution in [0.2, 0.25) is 5.02 Å². The molecule has 162 valence electrons. The van der Waals surface area contributed by atoms with Gasteiger partial charge in [-0.2, -0.15) is 13.2 Å². The number of rotatable bonds is 6. The van der Waals surface area contributed by atoms with Crippen LogP contribution in [0, 0.1) is 0 Å². The minimum Gasteiger partial charge on any atom is -0.339 e. The second-order valence-corrected chi connectivity index (χ2v) is 9.73. The van der Waals surface area contributed by atoms with Crippen LogP contribution in [0.3, 0.4) is 0 Å². The molecule has 1 aliphatic rings. The van der Waals surface area contributed by atoms with Crippen LogP contribution in [0.1, 0.15) is 30.4 Å². The van der Waals surface area contributed by atoms with Crippen molar-refractivity contribution in [2.45, 2.75) is 42.8 Å². The number of benzene rings is 2. The first-order chi connectivity index (χ1) is 14.1. The van der Waals surface area contributed by atoms with E-state index in [-0.39, 0.29) is 34.4 Å². The second-order valence-electron chi connectivity index (χ2n) is 7.29. The van der Waals surface area contributed by atoms with Crippen molar-refractivity contribution in [2.75, 3.05) is 12.3 Å². The highest BCUT2D eigenvalue weighted by Crippen LogP contribution is 2.35. The summed E-state index contributed by atoms with van der Waals surface area (Å²) in [7, 11) is -3.54. The molecule has 0 spiro atoms. The molecule has 1 fully saturated rings. The van der Waals surface area contributed by atoms with Gasteiger partial charge in [-0.1, -0.05) is 35.9 Å². The van der Waals surface area contributed by atoms with Gasteiger partial charge in [-0.3, -0.25) is 4.79 Å². The maximum Gasteiger partial charge on any atom is 0.417 e. The number of sulfone groups is 1. The lowest BCUT2D eigenvalue weighted by molar-refractivity contribution is -0.137. The third kappa shape index (κ3) is 5.35. The first kappa shape index (κ1) is 22.6. The van der Waals surface area contributed by atoms with Crippen LogP contribution < -0.4 is 0 Å². The standard InChI is InChI=1S/C21H21ClF3NO3S/c22-19-10-8-15(13-18(19)21(23,24)25)9-11-20(27)26-12-4-5-16(26)14-30(28,29)17-6-2-1-3-7-17/h1-3,6-8,10,13,16H,4-5,9,11-12,14H2. The van der Waals surface area contributed by atoms with Gasteiger partial charge in [-0.15, -0.1) is 0 Å². The molecule has 0 aromatic heterocycles. The molecular weight excluding hydrogens is 439 g/mol. The fraction of sp³-hybridized carbons (Fsp3) is 0.381. The molecule has 1 aliphatic heterocycles. The Morgan fingerprint density at radius 3 is 2.50 bits per heavy atom. The van der Waals surface area contributed by atoms with Crippen LogP contribution in [0.15, 0.2) is 53.4 Å². The van der Waals surface area contributed by atoms with Crippen molar-refractivity contribution in [2.24, 2.45) is 0 Å². The molecule has 9 heteroatoms. The number of amides is 1. The van der Waals surface area contributed by atoms with Gasteiger partial charge in [0.05, 0.1) is 21.2 Å². The molecule has 1 saturated heterocycles. The summed E-state index contributed by atoms with van der Waals surface area (Å²) in [5.74, 6) is -0.425. The number of halogens is 4. The molecule has 0 saturated carbocycles. The molecule has 0 radical (unpaired) electrons. The van der Waals surface area contributed by atoms with Crippen LogP contribution in [0.4, 0.5) is 13.2 Å². The average Bonchev–Trinajstić information content (AvgIpc) is 3.14. The topological polar surface area (TPSA) is 54.5 Å². The largest absolute Gasteiger partial charge is 0.417 e.